The molecule has 136 valence electrons. The van der Waals surface area contributed by atoms with Crippen molar-refractivity contribution in [3.63, 3.8) is 0 Å². The molecule has 1 heterocycles. The van der Waals surface area contributed by atoms with Gasteiger partial charge in [0, 0.05) is 18.2 Å². The summed E-state index contributed by atoms with van der Waals surface area (Å²) in [5.41, 5.74) is -0.105. The topological polar surface area (TPSA) is 84.9 Å². The van der Waals surface area contributed by atoms with Gasteiger partial charge in [0.1, 0.15) is 0 Å². The molecule has 1 aromatic carbocycles. The van der Waals surface area contributed by atoms with E-state index in [0.29, 0.717) is 31.1 Å². The number of aliphatic carboxylic acids is 1. The van der Waals surface area contributed by atoms with Crippen molar-refractivity contribution in [2.24, 2.45) is 0 Å². The number of carboxylic acids is 1. The third kappa shape index (κ3) is 4.81. The van der Waals surface area contributed by atoms with Crippen LogP contribution in [0, 0.1) is 0 Å². The summed E-state index contributed by atoms with van der Waals surface area (Å²) in [6, 6.07) is 5.96. The predicted octanol–water partition coefficient (Wildman–Crippen LogP) is 2.16. The van der Waals surface area contributed by atoms with Crippen molar-refractivity contribution in [3.8, 4) is 0 Å². The highest BCUT2D eigenvalue weighted by Crippen LogP contribution is 2.36. The number of ether oxygens (including phenoxy) is 2. The first kappa shape index (κ1) is 19.4. The monoisotopic (exact) mass is 367 g/mol. The van der Waals surface area contributed by atoms with Crippen LogP contribution in [-0.4, -0.2) is 49.5 Å². The zero-order valence-corrected chi connectivity index (χ0v) is 14.6. The molecule has 0 spiro atoms. The number of hydrogen-bond acceptors (Lipinski definition) is 4. The normalized spacial score (nSPS) is 17.5. The van der Waals surface area contributed by atoms with Crippen LogP contribution in [0.25, 0.3) is 0 Å². The zero-order valence-electron chi connectivity index (χ0n) is 13.9. The van der Waals surface area contributed by atoms with Crippen LogP contribution in [0.2, 0.25) is 5.02 Å². The quantitative estimate of drug-likeness (QED) is 0.543. The number of carbonyl (C=O) groups is 2. The van der Waals surface area contributed by atoms with Crippen LogP contribution in [0.5, 0.6) is 0 Å². The van der Waals surface area contributed by atoms with Crippen molar-refractivity contribution in [1.82, 2.24) is 5.32 Å². The summed E-state index contributed by atoms with van der Waals surface area (Å²) < 4.78 is 10.6. The van der Waals surface area contributed by atoms with E-state index in [0.717, 1.165) is 5.56 Å². The first-order valence-corrected chi connectivity index (χ1v) is 8.43. The van der Waals surface area contributed by atoms with E-state index in [1.165, 1.54) is 6.08 Å². The largest absolute Gasteiger partial charge is 0.480 e. The van der Waals surface area contributed by atoms with Gasteiger partial charge in [-0.1, -0.05) is 29.8 Å². The summed E-state index contributed by atoms with van der Waals surface area (Å²) in [6.07, 6.45) is 2.44. The predicted molar refractivity (Wildman–Crippen MR) is 93.8 cm³/mol. The highest BCUT2D eigenvalue weighted by atomic mass is 35.5. The van der Waals surface area contributed by atoms with E-state index >= 15 is 0 Å². The summed E-state index contributed by atoms with van der Waals surface area (Å²) in [7, 11) is 0. The molecule has 0 radical (unpaired) electrons. The van der Waals surface area contributed by atoms with E-state index in [4.69, 9.17) is 21.1 Å². The second kappa shape index (κ2) is 8.99. The minimum atomic E-state index is -1.15. The second-order valence-electron chi connectivity index (χ2n) is 5.90. The van der Waals surface area contributed by atoms with Gasteiger partial charge in [-0.2, -0.15) is 0 Å². The lowest BCUT2D eigenvalue weighted by atomic mass is 9.73. The van der Waals surface area contributed by atoms with Gasteiger partial charge in [-0.15, -0.1) is 6.58 Å². The Hall–Kier alpha value is -1.89. The second-order valence-corrected chi connectivity index (χ2v) is 6.33. The van der Waals surface area contributed by atoms with Gasteiger partial charge in [0.05, 0.1) is 18.6 Å². The number of nitrogens with one attached hydrogen (secondary N) is 1. The maximum atomic E-state index is 13.0. The lowest BCUT2D eigenvalue weighted by Crippen LogP contribution is -2.54. The Morgan fingerprint density at radius 2 is 2.16 bits per heavy atom. The molecule has 1 aromatic rings. The Bertz CT molecular complexity index is 628. The lowest BCUT2D eigenvalue weighted by Gasteiger charge is -2.37. The first-order chi connectivity index (χ1) is 12.0. The average molecular weight is 368 g/mol. The number of amides is 1. The maximum Gasteiger partial charge on any atom is 0.328 e. The SMILES string of the molecule is C=CCOCC(NC(=O)C1(c2cccc(Cl)c2)CCOCC1)C(=O)O. The summed E-state index contributed by atoms with van der Waals surface area (Å²) in [5.74, 6) is -1.50. The van der Waals surface area contributed by atoms with Gasteiger partial charge in [-0.25, -0.2) is 4.79 Å². The molecule has 1 fully saturated rings. The van der Waals surface area contributed by atoms with Crippen molar-refractivity contribution < 1.29 is 24.2 Å². The molecular formula is C18H22ClNO5. The van der Waals surface area contributed by atoms with Gasteiger partial charge < -0.3 is 19.9 Å². The number of halogens is 1. The van der Waals surface area contributed by atoms with Crippen LogP contribution in [0.1, 0.15) is 18.4 Å². The molecule has 0 aromatic heterocycles. The molecular weight excluding hydrogens is 346 g/mol. The molecule has 2 rings (SSSR count). The van der Waals surface area contributed by atoms with Gasteiger partial charge >= 0.3 is 5.97 Å². The lowest BCUT2D eigenvalue weighted by molar-refractivity contribution is -0.145. The van der Waals surface area contributed by atoms with Crippen molar-refractivity contribution >= 4 is 23.5 Å². The minimum Gasteiger partial charge on any atom is -0.480 e. The highest BCUT2D eigenvalue weighted by molar-refractivity contribution is 6.30. The van der Waals surface area contributed by atoms with Gasteiger partial charge in [0.25, 0.3) is 0 Å². The van der Waals surface area contributed by atoms with Crippen LogP contribution in [0.3, 0.4) is 0 Å². The molecule has 1 aliphatic heterocycles. The number of hydrogen-bond donors (Lipinski definition) is 2. The average Bonchev–Trinajstić information content (AvgIpc) is 2.61. The first-order valence-electron chi connectivity index (χ1n) is 8.06. The third-order valence-corrected chi connectivity index (χ3v) is 4.52. The van der Waals surface area contributed by atoms with Gasteiger partial charge in [-0.3, -0.25) is 4.79 Å². The van der Waals surface area contributed by atoms with E-state index < -0.39 is 17.4 Å². The molecule has 2 N–H and O–H groups in total. The number of rotatable bonds is 8. The smallest absolute Gasteiger partial charge is 0.328 e. The number of benzene rings is 1. The van der Waals surface area contributed by atoms with Crippen molar-refractivity contribution in [2.75, 3.05) is 26.4 Å². The van der Waals surface area contributed by atoms with E-state index in [1.807, 2.05) is 6.07 Å². The summed E-state index contributed by atoms with van der Waals surface area (Å²) in [6.45, 7) is 4.44. The molecule has 1 saturated heterocycles. The van der Waals surface area contributed by atoms with Crippen LogP contribution in [0.4, 0.5) is 0 Å². The van der Waals surface area contributed by atoms with Crippen molar-refractivity contribution in [2.45, 2.75) is 24.3 Å². The molecule has 1 amide bonds. The molecule has 0 saturated carbocycles. The van der Waals surface area contributed by atoms with E-state index in [9.17, 15) is 14.7 Å². The fourth-order valence-electron chi connectivity index (χ4n) is 2.89. The molecule has 7 heteroatoms. The van der Waals surface area contributed by atoms with Gasteiger partial charge in [-0.05, 0) is 30.5 Å². The molecule has 1 atom stereocenters. The minimum absolute atomic E-state index is 0.130. The standard InChI is InChI=1S/C18H22ClNO5/c1-2-8-25-12-15(16(21)22)20-17(23)18(6-9-24-10-7-18)13-4-3-5-14(19)11-13/h2-5,11,15H,1,6-10,12H2,(H,20,23)(H,21,22). The van der Waals surface area contributed by atoms with Crippen LogP contribution >= 0.6 is 11.6 Å². The molecule has 6 nitrogen and oxygen atoms in total. The zero-order chi connectivity index (χ0) is 18.3. The Morgan fingerprint density at radius 3 is 2.76 bits per heavy atom. The highest BCUT2D eigenvalue weighted by Gasteiger charge is 2.43. The Balaban J connectivity index is 2.23. The van der Waals surface area contributed by atoms with Crippen LogP contribution < -0.4 is 5.32 Å². The fraction of sp³-hybridized carbons (Fsp3) is 0.444. The van der Waals surface area contributed by atoms with Crippen LogP contribution in [0.15, 0.2) is 36.9 Å². The van der Waals surface area contributed by atoms with Gasteiger partial charge in [0.2, 0.25) is 5.91 Å². The summed E-state index contributed by atoms with van der Waals surface area (Å²) in [5, 5.41) is 12.5. The molecule has 0 aliphatic carbocycles. The Labute approximate surface area is 151 Å². The van der Waals surface area contributed by atoms with E-state index in [-0.39, 0.29) is 19.1 Å². The fourth-order valence-corrected chi connectivity index (χ4v) is 3.08. The van der Waals surface area contributed by atoms with Crippen molar-refractivity contribution in [1.29, 1.82) is 0 Å². The number of carboxylic acid groups (broad SMARTS) is 1. The maximum absolute atomic E-state index is 13.0. The third-order valence-electron chi connectivity index (χ3n) is 4.28. The van der Waals surface area contributed by atoms with Crippen LogP contribution in [-0.2, 0) is 24.5 Å². The molecule has 0 bridgehead atoms. The summed E-state index contributed by atoms with van der Waals surface area (Å²) in [4.78, 5) is 24.5. The van der Waals surface area contributed by atoms with E-state index in [2.05, 4.69) is 11.9 Å². The number of carbonyl (C=O) groups excluding carboxylic acids is 1. The molecule has 1 aliphatic rings. The van der Waals surface area contributed by atoms with E-state index in [1.54, 1.807) is 18.2 Å². The molecule has 25 heavy (non-hydrogen) atoms. The molecule has 1 unspecified atom stereocenters. The Kier molecular flexibility index (Phi) is 6.99. The van der Waals surface area contributed by atoms with Crippen molar-refractivity contribution in [3.05, 3.63) is 47.5 Å². The summed E-state index contributed by atoms with van der Waals surface area (Å²) >= 11 is 6.08. The van der Waals surface area contributed by atoms with Gasteiger partial charge in [0.15, 0.2) is 6.04 Å². The Morgan fingerprint density at radius 1 is 1.44 bits per heavy atom.